The molecule has 23 heavy (non-hydrogen) atoms. The molecule has 1 aliphatic rings. The van der Waals surface area contributed by atoms with E-state index in [0.29, 0.717) is 6.54 Å². The first kappa shape index (κ1) is 16.1. The van der Waals surface area contributed by atoms with Gasteiger partial charge < -0.3 is 10.4 Å². The second kappa shape index (κ2) is 6.77. The Kier molecular flexibility index (Phi) is 4.74. The Morgan fingerprint density at radius 2 is 1.96 bits per heavy atom. The molecule has 1 saturated carbocycles. The summed E-state index contributed by atoms with van der Waals surface area (Å²) >= 11 is 0. The van der Waals surface area contributed by atoms with Crippen molar-refractivity contribution in [1.29, 1.82) is 0 Å². The third-order valence-electron chi connectivity index (χ3n) is 4.95. The summed E-state index contributed by atoms with van der Waals surface area (Å²) < 4.78 is 0. The standard InChI is InChI=1S/C19H25N3O/c1-14-10-15(2)22-17(11-14)12-21-18(16-4-8-20-9-5-16)19(13-23)6-3-7-19/h4-5,8-11,18,21,23H,3,6-7,12-13H2,1-2H3. The fourth-order valence-corrected chi connectivity index (χ4v) is 3.64. The third kappa shape index (κ3) is 3.43. The van der Waals surface area contributed by atoms with E-state index < -0.39 is 0 Å². The summed E-state index contributed by atoms with van der Waals surface area (Å²) in [4.78, 5) is 8.73. The van der Waals surface area contributed by atoms with Crippen LogP contribution < -0.4 is 5.32 Å². The molecule has 0 amide bonds. The maximum Gasteiger partial charge on any atom is 0.0547 e. The van der Waals surface area contributed by atoms with E-state index >= 15 is 0 Å². The lowest BCUT2D eigenvalue weighted by Gasteiger charge is -2.47. The van der Waals surface area contributed by atoms with Gasteiger partial charge in [0.05, 0.1) is 12.3 Å². The molecule has 2 heterocycles. The Labute approximate surface area is 138 Å². The van der Waals surface area contributed by atoms with Crippen LogP contribution in [0.5, 0.6) is 0 Å². The van der Waals surface area contributed by atoms with E-state index in [1.807, 2.05) is 31.5 Å². The van der Waals surface area contributed by atoms with Gasteiger partial charge in [0.1, 0.15) is 0 Å². The van der Waals surface area contributed by atoms with E-state index in [4.69, 9.17) is 0 Å². The summed E-state index contributed by atoms with van der Waals surface area (Å²) in [6.45, 7) is 5.04. The number of aryl methyl sites for hydroxylation is 2. The Morgan fingerprint density at radius 1 is 1.22 bits per heavy atom. The molecule has 0 spiro atoms. The highest BCUT2D eigenvalue weighted by atomic mass is 16.3. The SMILES string of the molecule is Cc1cc(C)nc(CNC(c2ccncc2)C2(CO)CCC2)c1. The van der Waals surface area contributed by atoms with Gasteiger partial charge in [0, 0.05) is 36.1 Å². The van der Waals surface area contributed by atoms with Crippen LogP contribution in [-0.4, -0.2) is 21.7 Å². The number of pyridine rings is 2. The maximum absolute atomic E-state index is 9.98. The highest BCUT2D eigenvalue weighted by Crippen LogP contribution is 2.49. The smallest absolute Gasteiger partial charge is 0.0547 e. The van der Waals surface area contributed by atoms with Gasteiger partial charge >= 0.3 is 0 Å². The van der Waals surface area contributed by atoms with Gasteiger partial charge in [0.25, 0.3) is 0 Å². The molecule has 0 aliphatic heterocycles. The first-order valence-corrected chi connectivity index (χ1v) is 8.31. The summed E-state index contributed by atoms with van der Waals surface area (Å²) in [6.07, 6.45) is 6.95. The third-order valence-corrected chi connectivity index (χ3v) is 4.95. The van der Waals surface area contributed by atoms with E-state index in [-0.39, 0.29) is 18.1 Å². The minimum absolute atomic E-state index is 0.0553. The molecule has 1 unspecified atom stereocenters. The highest BCUT2D eigenvalue weighted by molar-refractivity contribution is 5.22. The van der Waals surface area contributed by atoms with E-state index in [9.17, 15) is 5.11 Å². The van der Waals surface area contributed by atoms with Crippen LogP contribution in [0.1, 0.15) is 47.8 Å². The van der Waals surface area contributed by atoms with Crippen LogP contribution in [0.3, 0.4) is 0 Å². The van der Waals surface area contributed by atoms with Crippen molar-refractivity contribution in [3.8, 4) is 0 Å². The van der Waals surface area contributed by atoms with Crippen LogP contribution in [0.2, 0.25) is 0 Å². The van der Waals surface area contributed by atoms with Crippen LogP contribution >= 0.6 is 0 Å². The molecule has 0 radical (unpaired) electrons. The average Bonchev–Trinajstić information content (AvgIpc) is 2.49. The van der Waals surface area contributed by atoms with Crippen molar-refractivity contribution in [1.82, 2.24) is 15.3 Å². The molecule has 1 atom stereocenters. The number of nitrogens with zero attached hydrogens (tertiary/aromatic N) is 2. The van der Waals surface area contributed by atoms with Gasteiger partial charge in [-0.15, -0.1) is 0 Å². The topological polar surface area (TPSA) is 58.0 Å². The van der Waals surface area contributed by atoms with Crippen molar-refractivity contribution >= 4 is 0 Å². The average molecular weight is 311 g/mol. The molecule has 2 aromatic heterocycles. The predicted octanol–water partition coefficient (Wildman–Crippen LogP) is 3.09. The number of hydrogen-bond acceptors (Lipinski definition) is 4. The van der Waals surface area contributed by atoms with Crippen LogP contribution in [0.4, 0.5) is 0 Å². The van der Waals surface area contributed by atoms with E-state index in [2.05, 4.69) is 34.3 Å². The van der Waals surface area contributed by atoms with Crippen molar-refractivity contribution in [3.05, 3.63) is 59.2 Å². The summed E-state index contributed by atoms with van der Waals surface area (Å²) in [5.74, 6) is 0. The molecule has 4 heteroatoms. The second-order valence-corrected chi connectivity index (χ2v) is 6.75. The van der Waals surface area contributed by atoms with Gasteiger partial charge in [-0.25, -0.2) is 0 Å². The first-order chi connectivity index (χ1) is 11.1. The fourth-order valence-electron chi connectivity index (χ4n) is 3.64. The number of aliphatic hydroxyl groups excluding tert-OH is 1. The van der Waals surface area contributed by atoms with Crippen LogP contribution in [0, 0.1) is 19.3 Å². The largest absolute Gasteiger partial charge is 0.396 e. The van der Waals surface area contributed by atoms with Crippen LogP contribution in [0.15, 0.2) is 36.7 Å². The predicted molar refractivity (Wildman–Crippen MR) is 90.9 cm³/mol. The van der Waals surface area contributed by atoms with E-state index in [1.165, 1.54) is 17.5 Å². The highest BCUT2D eigenvalue weighted by Gasteiger charge is 2.44. The molecule has 0 saturated heterocycles. The van der Waals surface area contributed by atoms with E-state index in [1.54, 1.807) is 0 Å². The molecule has 1 aliphatic carbocycles. The fraction of sp³-hybridized carbons (Fsp3) is 0.474. The Hall–Kier alpha value is -1.78. The first-order valence-electron chi connectivity index (χ1n) is 8.31. The molecule has 1 fully saturated rings. The van der Waals surface area contributed by atoms with Gasteiger partial charge in [-0.3, -0.25) is 9.97 Å². The van der Waals surface area contributed by atoms with Gasteiger partial charge in [-0.1, -0.05) is 6.42 Å². The molecular formula is C19H25N3O. The molecule has 2 N–H and O–H groups in total. The van der Waals surface area contributed by atoms with Crippen molar-refractivity contribution in [2.75, 3.05) is 6.61 Å². The van der Waals surface area contributed by atoms with Gasteiger partial charge in [0.2, 0.25) is 0 Å². The molecule has 2 aromatic rings. The van der Waals surface area contributed by atoms with Crippen molar-refractivity contribution < 1.29 is 5.11 Å². The lowest BCUT2D eigenvalue weighted by atomic mass is 9.63. The summed E-state index contributed by atoms with van der Waals surface area (Å²) in [6, 6.07) is 8.43. The lowest BCUT2D eigenvalue weighted by Crippen LogP contribution is -2.45. The molecule has 122 valence electrons. The summed E-state index contributed by atoms with van der Waals surface area (Å²) in [5.41, 5.74) is 4.46. The molecule has 3 rings (SSSR count). The van der Waals surface area contributed by atoms with Crippen LogP contribution in [0.25, 0.3) is 0 Å². The molecular weight excluding hydrogens is 286 g/mol. The lowest BCUT2D eigenvalue weighted by molar-refractivity contribution is 0.00446. The minimum atomic E-state index is -0.0553. The Morgan fingerprint density at radius 3 is 2.52 bits per heavy atom. The zero-order valence-corrected chi connectivity index (χ0v) is 13.9. The number of aliphatic hydroxyl groups is 1. The summed E-state index contributed by atoms with van der Waals surface area (Å²) in [7, 11) is 0. The molecule has 0 bridgehead atoms. The van der Waals surface area contributed by atoms with Crippen LogP contribution in [-0.2, 0) is 6.54 Å². The van der Waals surface area contributed by atoms with Gasteiger partial charge in [0.15, 0.2) is 0 Å². The maximum atomic E-state index is 9.98. The van der Waals surface area contributed by atoms with Crippen molar-refractivity contribution in [3.63, 3.8) is 0 Å². The van der Waals surface area contributed by atoms with Crippen molar-refractivity contribution in [2.45, 2.75) is 45.7 Å². The van der Waals surface area contributed by atoms with Gasteiger partial charge in [-0.05, 0) is 62.1 Å². The second-order valence-electron chi connectivity index (χ2n) is 6.75. The molecule has 0 aromatic carbocycles. The van der Waals surface area contributed by atoms with E-state index in [0.717, 1.165) is 24.2 Å². The minimum Gasteiger partial charge on any atom is -0.396 e. The number of rotatable bonds is 6. The number of nitrogens with one attached hydrogen (secondary N) is 1. The monoisotopic (exact) mass is 311 g/mol. The molecule has 4 nitrogen and oxygen atoms in total. The zero-order chi connectivity index (χ0) is 16.3. The number of hydrogen-bond donors (Lipinski definition) is 2. The van der Waals surface area contributed by atoms with Crippen molar-refractivity contribution in [2.24, 2.45) is 5.41 Å². The Bertz CT molecular complexity index is 627. The Balaban J connectivity index is 1.82. The number of aromatic nitrogens is 2. The normalized spacial score (nSPS) is 17.5. The van der Waals surface area contributed by atoms with Gasteiger partial charge in [-0.2, -0.15) is 0 Å². The summed E-state index contributed by atoms with van der Waals surface area (Å²) in [5, 5.41) is 13.6. The quantitative estimate of drug-likeness (QED) is 0.861. The zero-order valence-electron chi connectivity index (χ0n) is 13.9.